The molecular formula is C10H24O2Si. The van der Waals surface area contributed by atoms with Gasteiger partial charge in [-0.15, -0.1) is 0 Å². The van der Waals surface area contributed by atoms with E-state index in [0.29, 0.717) is 5.54 Å². The van der Waals surface area contributed by atoms with Crippen LogP contribution in [0.15, 0.2) is 0 Å². The van der Waals surface area contributed by atoms with Crippen molar-refractivity contribution >= 4 is 8.56 Å². The molecule has 0 heterocycles. The topological polar surface area (TPSA) is 18.5 Å². The maximum absolute atomic E-state index is 5.50. The summed E-state index contributed by atoms with van der Waals surface area (Å²) >= 11 is 0. The zero-order valence-corrected chi connectivity index (χ0v) is 10.9. The predicted molar refractivity (Wildman–Crippen MR) is 59.1 cm³/mol. The zero-order valence-electron chi connectivity index (χ0n) is 9.89. The second-order valence-electron chi connectivity index (χ2n) is 4.30. The summed E-state index contributed by atoms with van der Waals surface area (Å²) in [6.07, 6.45) is 2.47. The molecule has 0 N–H and O–H groups in total. The van der Waals surface area contributed by atoms with Gasteiger partial charge in [0.25, 0.3) is 0 Å². The Morgan fingerprint density at radius 2 is 1.46 bits per heavy atom. The monoisotopic (exact) mass is 204 g/mol. The summed E-state index contributed by atoms with van der Waals surface area (Å²) in [5.74, 6) is 0.773. The molecule has 0 spiro atoms. The molecule has 0 fully saturated rings. The van der Waals surface area contributed by atoms with E-state index in [-0.39, 0.29) is 0 Å². The Balaban J connectivity index is 3.99. The fraction of sp³-hybridized carbons (Fsp3) is 1.00. The second-order valence-corrected chi connectivity index (χ2v) is 8.13. The fourth-order valence-corrected chi connectivity index (χ4v) is 2.99. The first-order valence-corrected chi connectivity index (χ1v) is 7.46. The van der Waals surface area contributed by atoms with E-state index in [4.69, 9.17) is 8.85 Å². The third-order valence-corrected chi connectivity index (χ3v) is 6.58. The molecule has 0 aliphatic rings. The van der Waals surface area contributed by atoms with E-state index >= 15 is 0 Å². The maximum Gasteiger partial charge on any atom is 0.337 e. The molecule has 0 radical (unpaired) electrons. The lowest BCUT2D eigenvalue weighted by molar-refractivity contribution is 0.234. The van der Waals surface area contributed by atoms with Crippen LogP contribution < -0.4 is 0 Å². The lowest BCUT2D eigenvalue weighted by Crippen LogP contribution is -2.40. The van der Waals surface area contributed by atoms with E-state index in [0.717, 1.165) is 5.92 Å². The van der Waals surface area contributed by atoms with Gasteiger partial charge >= 0.3 is 8.56 Å². The van der Waals surface area contributed by atoms with Gasteiger partial charge in [-0.05, 0) is 24.4 Å². The van der Waals surface area contributed by atoms with Crippen molar-refractivity contribution in [2.75, 3.05) is 14.2 Å². The van der Waals surface area contributed by atoms with Gasteiger partial charge in [-0.3, -0.25) is 0 Å². The zero-order chi connectivity index (χ0) is 10.5. The van der Waals surface area contributed by atoms with E-state index < -0.39 is 8.56 Å². The van der Waals surface area contributed by atoms with Crippen LogP contribution in [0.2, 0.25) is 12.1 Å². The summed E-state index contributed by atoms with van der Waals surface area (Å²) in [7, 11) is 1.66. The van der Waals surface area contributed by atoms with Gasteiger partial charge in [0.05, 0.1) is 0 Å². The third-order valence-electron chi connectivity index (χ3n) is 2.88. The van der Waals surface area contributed by atoms with Crippen LogP contribution in [0, 0.1) is 5.92 Å². The van der Waals surface area contributed by atoms with Crippen LogP contribution in [0.4, 0.5) is 0 Å². The lowest BCUT2D eigenvalue weighted by Gasteiger charge is -2.29. The summed E-state index contributed by atoms with van der Waals surface area (Å²) in [6.45, 7) is 8.88. The van der Waals surface area contributed by atoms with Crippen LogP contribution in [0.25, 0.3) is 0 Å². The molecule has 1 unspecified atom stereocenters. The van der Waals surface area contributed by atoms with Crippen molar-refractivity contribution < 1.29 is 8.85 Å². The molecule has 80 valence electrons. The van der Waals surface area contributed by atoms with Crippen LogP contribution in [0.3, 0.4) is 0 Å². The van der Waals surface area contributed by atoms with Crippen LogP contribution >= 0.6 is 0 Å². The quantitative estimate of drug-likeness (QED) is 0.619. The van der Waals surface area contributed by atoms with Crippen molar-refractivity contribution in [1.29, 1.82) is 0 Å². The molecule has 13 heavy (non-hydrogen) atoms. The Labute approximate surface area is 83.9 Å². The summed E-state index contributed by atoms with van der Waals surface area (Å²) < 4.78 is 11.0. The SMILES string of the molecule is CO[Si](C)(OC)C(C)CCC(C)C. The van der Waals surface area contributed by atoms with Gasteiger partial charge in [-0.1, -0.05) is 27.2 Å². The predicted octanol–water partition coefficient (Wildman–Crippen LogP) is 3.18. The van der Waals surface area contributed by atoms with Crippen LogP contribution in [-0.4, -0.2) is 22.8 Å². The Bertz CT molecular complexity index is 133. The molecule has 0 saturated heterocycles. The minimum atomic E-state index is -1.87. The average molecular weight is 204 g/mol. The lowest BCUT2D eigenvalue weighted by atomic mass is 10.1. The standard InChI is InChI=1S/C10H24O2Si/c1-9(2)7-8-10(3)13(6,11-4)12-5/h9-10H,7-8H2,1-6H3. The van der Waals surface area contributed by atoms with Crippen LogP contribution in [0.5, 0.6) is 0 Å². The van der Waals surface area contributed by atoms with E-state index in [2.05, 4.69) is 27.3 Å². The highest BCUT2D eigenvalue weighted by Gasteiger charge is 2.35. The molecule has 0 bridgehead atoms. The van der Waals surface area contributed by atoms with E-state index in [1.54, 1.807) is 14.2 Å². The molecule has 0 aliphatic carbocycles. The summed E-state index contributed by atoms with van der Waals surface area (Å²) in [5, 5.41) is 0. The molecule has 0 saturated carbocycles. The van der Waals surface area contributed by atoms with Crippen molar-refractivity contribution in [1.82, 2.24) is 0 Å². The average Bonchev–Trinajstić information content (AvgIpc) is 2.12. The van der Waals surface area contributed by atoms with E-state index in [1.807, 2.05) is 0 Å². The second kappa shape index (κ2) is 5.78. The summed E-state index contributed by atoms with van der Waals surface area (Å²) in [5.41, 5.74) is 0.574. The molecule has 0 aliphatic heterocycles. The van der Waals surface area contributed by atoms with Gasteiger partial charge in [0, 0.05) is 14.2 Å². The van der Waals surface area contributed by atoms with Gasteiger partial charge in [0.2, 0.25) is 0 Å². The molecule has 0 aromatic heterocycles. The fourth-order valence-electron chi connectivity index (χ4n) is 1.33. The Morgan fingerprint density at radius 3 is 1.77 bits per heavy atom. The maximum atomic E-state index is 5.50. The minimum Gasteiger partial charge on any atom is -0.398 e. The van der Waals surface area contributed by atoms with Crippen molar-refractivity contribution in [2.24, 2.45) is 5.92 Å². The van der Waals surface area contributed by atoms with Gasteiger partial charge < -0.3 is 8.85 Å². The first-order chi connectivity index (χ1) is 5.96. The smallest absolute Gasteiger partial charge is 0.337 e. The van der Waals surface area contributed by atoms with Gasteiger partial charge in [0.15, 0.2) is 0 Å². The van der Waals surface area contributed by atoms with Crippen molar-refractivity contribution in [3.63, 3.8) is 0 Å². The van der Waals surface area contributed by atoms with E-state index in [1.165, 1.54) is 12.8 Å². The minimum absolute atomic E-state index is 0.574. The number of hydrogen-bond acceptors (Lipinski definition) is 2. The molecule has 0 rings (SSSR count). The van der Waals surface area contributed by atoms with Crippen molar-refractivity contribution in [3.8, 4) is 0 Å². The molecule has 0 aromatic rings. The highest BCUT2D eigenvalue weighted by atomic mass is 28.4. The largest absolute Gasteiger partial charge is 0.398 e. The Morgan fingerprint density at radius 1 is 1.00 bits per heavy atom. The molecule has 3 heteroatoms. The molecule has 2 nitrogen and oxygen atoms in total. The first-order valence-electron chi connectivity index (χ1n) is 5.06. The van der Waals surface area contributed by atoms with Gasteiger partial charge in [-0.2, -0.15) is 0 Å². The highest BCUT2D eigenvalue weighted by Crippen LogP contribution is 2.28. The van der Waals surface area contributed by atoms with Crippen LogP contribution in [-0.2, 0) is 8.85 Å². The van der Waals surface area contributed by atoms with Crippen molar-refractivity contribution in [2.45, 2.75) is 45.7 Å². The van der Waals surface area contributed by atoms with Crippen molar-refractivity contribution in [3.05, 3.63) is 0 Å². The molecule has 0 aromatic carbocycles. The molecule has 0 amide bonds. The third kappa shape index (κ3) is 4.25. The van der Waals surface area contributed by atoms with Crippen LogP contribution in [0.1, 0.15) is 33.6 Å². The summed E-state index contributed by atoms with van der Waals surface area (Å²) in [6, 6.07) is 0. The highest BCUT2D eigenvalue weighted by molar-refractivity contribution is 6.67. The molecule has 1 atom stereocenters. The van der Waals surface area contributed by atoms with Gasteiger partial charge in [0.1, 0.15) is 0 Å². The summed E-state index contributed by atoms with van der Waals surface area (Å²) in [4.78, 5) is 0. The van der Waals surface area contributed by atoms with Gasteiger partial charge in [-0.25, -0.2) is 0 Å². The first kappa shape index (κ1) is 13.1. The Hall–Kier alpha value is 0.137. The number of hydrogen-bond donors (Lipinski definition) is 0. The molecular weight excluding hydrogens is 180 g/mol. The normalized spacial score (nSPS) is 15.0. The Kier molecular flexibility index (Phi) is 5.84. The van der Waals surface area contributed by atoms with E-state index in [9.17, 15) is 0 Å². The number of rotatable bonds is 6.